The summed E-state index contributed by atoms with van der Waals surface area (Å²) >= 11 is 0. The van der Waals surface area contributed by atoms with Crippen molar-refractivity contribution in [3.63, 3.8) is 0 Å². The van der Waals surface area contributed by atoms with E-state index in [1.165, 1.54) is 12.8 Å². The normalized spacial score (nSPS) is 18.8. The highest BCUT2D eigenvalue weighted by molar-refractivity contribution is 5.43. The zero-order valence-electron chi connectivity index (χ0n) is 15.2. The van der Waals surface area contributed by atoms with E-state index in [1.54, 1.807) is 14.2 Å². The van der Waals surface area contributed by atoms with Crippen LogP contribution in [-0.4, -0.2) is 37.4 Å². The molecule has 1 N–H and O–H groups in total. The van der Waals surface area contributed by atoms with Gasteiger partial charge in [-0.3, -0.25) is 0 Å². The summed E-state index contributed by atoms with van der Waals surface area (Å²) in [5.41, 5.74) is 1.06. The highest BCUT2D eigenvalue weighted by Gasteiger charge is 2.22. The number of piperidine rings is 1. The third kappa shape index (κ3) is 4.51. The molecular weight excluding hydrogens is 318 g/mol. The van der Waals surface area contributed by atoms with Crippen molar-refractivity contribution in [2.24, 2.45) is 11.8 Å². The van der Waals surface area contributed by atoms with E-state index in [9.17, 15) is 0 Å². The molecule has 6 nitrogen and oxygen atoms in total. The first-order chi connectivity index (χ1) is 12.2. The lowest BCUT2D eigenvalue weighted by Crippen LogP contribution is -2.33. The van der Waals surface area contributed by atoms with Crippen LogP contribution in [0.1, 0.15) is 37.0 Å². The van der Waals surface area contributed by atoms with Crippen molar-refractivity contribution in [3.05, 3.63) is 35.5 Å². The first kappa shape index (κ1) is 17.7. The minimum absolute atomic E-state index is 0.544. The van der Waals surface area contributed by atoms with Gasteiger partial charge in [0.05, 0.1) is 14.2 Å². The monoisotopic (exact) mass is 345 g/mol. The minimum atomic E-state index is 0.544. The van der Waals surface area contributed by atoms with E-state index in [4.69, 9.17) is 14.0 Å². The average molecular weight is 345 g/mol. The van der Waals surface area contributed by atoms with Crippen LogP contribution in [0, 0.1) is 11.8 Å². The Morgan fingerprint density at radius 2 is 2.12 bits per heavy atom. The van der Waals surface area contributed by atoms with Gasteiger partial charge in [-0.2, -0.15) is 4.98 Å². The van der Waals surface area contributed by atoms with Crippen LogP contribution in [0.3, 0.4) is 0 Å². The molecule has 1 aliphatic rings. The molecule has 1 aliphatic heterocycles. The standard InChI is InChI=1S/C19H27N3O3/c1-13(15-5-4-8-20-12-15)9-19-21-18(22-25-19)11-14-6-7-16(23-2)17(10-14)24-3/h6-7,10,13,15,20H,4-5,8-9,11-12H2,1-3H3. The summed E-state index contributed by atoms with van der Waals surface area (Å²) in [6.07, 6.45) is 3.98. The maximum atomic E-state index is 5.46. The third-order valence-corrected chi connectivity index (χ3v) is 4.96. The van der Waals surface area contributed by atoms with E-state index in [1.807, 2.05) is 18.2 Å². The van der Waals surface area contributed by atoms with Gasteiger partial charge in [-0.05, 0) is 55.5 Å². The number of nitrogens with zero attached hydrogens (tertiary/aromatic N) is 2. The molecule has 2 unspecified atom stereocenters. The second-order valence-electron chi connectivity index (χ2n) is 6.76. The zero-order valence-corrected chi connectivity index (χ0v) is 15.2. The first-order valence-electron chi connectivity index (χ1n) is 8.92. The van der Waals surface area contributed by atoms with Gasteiger partial charge in [-0.25, -0.2) is 0 Å². The summed E-state index contributed by atoms with van der Waals surface area (Å²) in [6.45, 7) is 4.50. The molecule has 0 radical (unpaired) electrons. The van der Waals surface area contributed by atoms with Crippen molar-refractivity contribution in [1.29, 1.82) is 0 Å². The Kier molecular flexibility index (Phi) is 5.91. The summed E-state index contributed by atoms with van der Waals surface area (Å²) in [7, 11) is 3.27. The van der Waals surface area contributed by atoms with Crippen molar-refractivity contribution in [3.8, 4) is 11.5 Å². The number of hydrogen-bond donors (Lipinski definition) is 1. The van der Waals surface area contributed by atoms with E-state index in [0.29, 0.717) is 29.8 Å². The van der Waals surface area contributed by atoms with Crippen molar-refractivity contribution >= 4 is 0 Å². The molecule has 136 valence electrons. The Morgan fingerprint density at radius 1 is 1.28 bits per heavy atom. The molecular formula is C19H27N3O3. The van der Waals surface area contributed by atoms with Gasteiger partial charge < -0.3 is 19.3 Å². The van der Waals surface area contributed by atoms with Crippen molar-refractivity contribution < 1.29 is 14.0 Å². The average Bonchev–Trinajstić information content (AvgIpc) is 3.09. The summed E-state index contributed by atoms with van der Waals surface area (Å²) in [6, 6.07) is 5.84. The molecule has 2 atom stereocenters. The molecule has 2 heterocycles. The lowest BCUT2D eigenvalue weighted by atomic mass is 9.85. The van der Waals surface area contributed by atoms with Crippen molar-refractivity contribution in [2.75, 3.05) is 27.3 Å². The largest absolute Gasteiger partial charge is 0.493 e. The molecule has 0 spiro atoms. The van der Waals surface area contributed by atoms with E-state index in [-0.39, 0.29) is 0 Å². The Balaban J connectivity index is 1.61. The number of rotatable bonds is 7. The molecule has 2 aromatic rings. The quantitative estimate of drug-likeness (QED) is 0.832. The lowest BCUT2D eigenvalue weighted by molar-refractivity contribution is 0.256. The SMILES string of the molecule is COc1ccc(Cc2noc(CC(C)C3CCCNC3)n2)cc1OC. The van der Waals surface area contributed by atoms with Crippen LogP contribution in [0.15, 0.2) is 22.7 Å². The van der Waals surface area contributed by atoms with Gasteiger partial charge in [0.15, 0.2) is 17.3 Å². The van der Waals surface area contributed by atoms with Gasteiger partial charge in [0.2, 0.25) is 5.89 Å². The molecule has 1 aromatic carbocycles. The second kappa shape index (κ2) is 8.34. The molecule has 0 aliphatic carbocycles. The van der Waals surface area contributed by atoms with Gasteiger partial charge in [0, 0.05) is 12.8 Å². The highest BCUT2D eigenvalue weighted by atomic mass is 16.5. The Hall–Kier alpha value is -2.08. The predicted molar refractivity (Wildman–Crippen MR) is 95.1 cm³/mol. The third-order valence-electron chi connectivity index (χ3n) is 4.96. The number of methoxy groups -OCH3 is 2. The fourth-order valence-electron chi connectivity index (χ4n) is 3.42. The molecule has 0 amide bonds. The van der Waals surface area contributed by atoms with Gasteiger partial charge >= 0.3 is 0 Å². The number of aromatic nitrogens is 2. The first-order valence-corrected chi connectivity index (χ1v) is 8.92. The lowest BCUT2D eigenvalue weighted by Gasteiger charge is -2.27. The van der Waals surface area contributed by atoms with Gasteiger partial charge in [-0.1, -0.05) is 18.1 Å². The number of ether oxygens (including phenoxy) is 2. The zero-order chi connectivity index (χ0) is 17.6. The molecule has 1 saturated heterocycles. The van der Waals surface area contributed by atoms with E-state index < -0.39 is 0 Å². The van der Waals surface area contributed by atoms with E-state index in [0.717, 1.165) is 36.7 Å². The van der Waals surface area contributed by atoms with Crippen LogP contribution in [0.5, 0.6) is 11.5 Å². The van der Waals surface area contributed by atoms with Gasteiger partial charge in [0.1, 0.15) is 0 Å². The minimum Gasteiger partial charge on any atom is -0.493 e. The summed E-state index contributed by atoms with van der Waals surface area (Å²) in [4.78, 5) is 4.57. The topological polar surface area (TPSA) is 69.4 Å². The van der Waals surface area contributed by atoms with Crippen molar-refractivity contribution in [2.45, 2.75) is 32.6 Å². The van der Waals surface area contributed by atoms with Crippen LogP contribution in [0.25, 0.3) is 0 Å². The summed E-state index contributed by atoms with van der Waals surface area (Å²) < 4.78 is 16.1. The molecule has 0 saturated carbocycles. The molecule has 3 rings (SSSR count). The Bertz CT molecular complexity index is 680. The van der Waals surface area contributed by atoms with Gasteiger partial charge in [-0.15, -0.1) is 0 Å². The smallest absolute Gasteiger partial charge is 0.226 e. The number of benzene rings is 1. The van der Waals surface area contributed by atoms with Crippen LogP contribution < -0.4 is 14.8 Å². The van der Waals surface area contributed by atoms with E-state index in [2.05, 4.69) is 22.4 Å². The number of nitrogens with one attached hydrogen (secondary N) is 1. The van der Waals surface area contributed by atoms with Crippen LogP contribution >= 0.6 is 0 Å². The molecule has 0 bridgehead atoms. The fourth-order valence-corrected chi connectivity index (χ4v) is 3.42. The van der Waals surface area contributed by atoms with E-state index >= 15 is 0 Å². The molecule has 1 fully saturated rings. The number of hydrogen-bond acceptors (Lipinski definition) is 6. The predicted octanol–water partition coefficient (Wildman–Crippen LogP) is 2.86. The summed E-state index contributed by atoms with van der Waals surface area (Å²) in [5, 5.41) is 7.60. The summed E-state index contributed by atoms with van der Waals surface area (Å²) in [5.74, 6) is 4.10. The van der Waals surface area contributed by atoms with Crippen LogP contribution in [-0.2, 0) is 12.8 Å². The molecule has 1 aromatic heterocycles. The molecule has 6 heteroatoms. The maximum Gasteiger partial charge on any atom is 0.226 e. The van der Waals surface area contributed by atoms with Crippen LogP contribution in [0.4, 0.5) is 0 Å². The Morgan fingerprint density at radius 3 is 2.84 bits per heavy atom. The maximum absolute atomic E-state index is 5.46. The second-order valence-corrected chi connectivity index (χ2v) is 6.76. The highest BCUT2D eigenvalue weighted by Crippen LogP contribution is 2.28. The van der Waals surface area contributed by atoms with Crippen LogP contribution in [0.2, 0.25) is 0 Å². The fraction of sp³-hybridized carbons (Fsp3) is 0.579. The van der Waals surface area contributed by atoms with Gasteiger partial charge in [0.25, 0.3) is 0 Å². The van der Waals surface area contributed by atoms with Crippen molar-refractivity contribution in [1.82, 2.24) is 15.5 Å². The Labute approximate surface area is 148 Å². The molecule has 25 heavy (non-hydrogen) atoms.